The Hall–Kier alpha value is -3.00. The van der Waals surface area contributed by atoms with E-state index in [1.807, 2.05) is 43.3 Å². The highest BCUT2D eigenvalue weighted by molar-refractivity contribution is 7.99. The summed E-state index contributed by atoms with van der Waals surface area (Å²) in [7, 11) is 3.16. The Bertz CT molecular complexity index is 951. The van der Waals surface area contributed by atoms with Gasteiger partial charge in [-0.2, -0.15) is 5.10 Å². The molecule has 0 saturated carbocycles. The maximum Gasteiger partial charge on any atom is 0.250 e. The number of aromatic amines is 1. The van der Waals surface area contributed by atoms with Gasteiger partial charge in [0, 0.05) is 5.56 Å². The normalized spacial score (nSPS) is 11.4. The summed E-state index contributed by atoms with van der Waals surface area (Å²) >= 11 is 1.33. The van der Waals surface area contributed by atoms with E-state index >= 15 is 0 Å². The van der Waals surface area contributed by atoms with Crippen LogP contribution in [0.25, 0.3) is 11.0 Å². The van der Waals surface area contributed by atoms with Crippen LogP contribution in [0.1, 0.15) is 12.5 Å². The minimum Gasteiger partial charge on any atom is -0.493 e. The number of imidazole rings is 1. The molecule has 7 nitrogen and oxygen atoms in total. The Morgan fingerprint density at radius 2 is 1.96 bits per heavy atom. The van der Waals surface area contributed by atoms with E-state index in [0.29, 0.717) is 22.4 Å². The van der Waals surface area contributed by atoms with Crippen LogP contribution in [0.4, 0.5) is 0 Å². The summed E-state index contributed by atoms with van der Waals surface area (Å²) < 4.78 is 10.5. The zero-order valence-corrected chi connectivity index (χ0v) is 16.1. The van der Waals surface area contributed by atoms with Crippen molar-refractivity contribution in [1.82, 2.24) is 15.4 Å². The molecule has 0 atom stereocenters. The van der Waals surface area contributed by atoms with Gasteiger partial charge in [-0.3, -0.25) is 4.79 Å². The number of methoxy groups -OCH3 is 2. The zero-order chi connectivity index (χ0) is 19.2. The average molecular weight is 384 g/mol. The van der Waals surface area contributed by atoms with Crippen LogP contribution in [0.5, 0.6) is 11.5 Å². The van der Waals surface area contributed by atoms with E-state index in [1.54, 1.807) is 20.3 Å². The van der Waals surface area contributed by atoms with Crippen LogP contribution in [0.3, 0.4) is 0 Å². The number of para-hydroxylation sites is 2. The smallest absolute Gasteiger partial charge is 0.250 e. The second-order valence-corrected chi connectivity index (χ2v) is 6.61. The lowest BCUT2D eigenvalue weighted by atomic mass is 10.1. The van der Waals surface area contributed by atoms with Gasteiger partial charge in [0.25, 0.3) is 5.91 Å². The third kappa shape index (κ3) is 4.59. The van der Waals surface area contributed by atoms with Crippen LogP contribution >= 0.6 is 11.8 Å². The highest BCUT2D eigenvalue weighted by atomic mass is 32.2. The van der Waals surface area contributed by atoms with Gasteiger partial charge in [-0.1, -0.05) is 23.9 Å². The quantitative estimate of drug-likeness (QED) is 0.371. The summed E-state index contributed by atoms with van der Waals surface area (Å²) in [6.07, 6.45) is 0. The van der Waals surface area contributed by atoms with Crippen LogP contribution in [-0.4, -0.2) is 41.6 Å². The van der Waals surface area contributed by atoms with E-state index < -0.39 is 0 Å². The molecule has 0 bridgehead atoms. The predicted molar refractivity (Wildman–Crippen MR) is 107 cm³/mol. The van der Waals surface area contributed by atoms with Gasteiger partial charge >= 0.3 is 0 Å². The highest BCUT2D eigenvalue weighted by Gasteiger charge is 2.09. The van der Waals surface area contributed by atoms with E-state index in [2.05, 4.69) is 20.5 Å². The fourth-order valence-electron chi connectivity index (χ4n) is 2.44. The van der Waals surface area contributed by atoms with Crippen molar-refractivity contribution in [2.24, 2.45) is 5.10 Å². The minimum absolute atomic E-state index is 0.208. The van der Waals surface area contributed by atoms with Crippen molar-refractivity contribution in [3.05, 3.63) is 48.0 Å². The number of nitrogens with zero attached hydrogens (tertiary/aromatic N) is 2. The van der Waals surface area contributed by atoms with E-state index in [0.717, 1.165) is 16.6 Å². The topological polar surface area (TPSA) is 88.6 Å². The largest absolute Gasteiger partial charge is 0.493 e. The molecule has 1 aromatic heterocycles. The number of hydrogen-bond donors (Lipinski definition) is 2. The number of carbonyl (C=O) groups is 1. The zero-order valence-electron chi connectivity index (χ0n) is 15.3. The molecule has 0 saturated heterocycles. The van der Waals surface area contributed by atoms with Crippen LogP contribution in [0, 0.1) is 0 Å². The van der Waals surface area contributed by atoms with Crippen LogP contribution in [0.2, 0.25) is 0 Å². The Morgan fingerprint density at radius 3 is 2.70 bits per heavy atom. The van der Waals surface area contributed by atoms with Crippen molar-refractivity contribution < 1.29 is 14.3 Å². The molecule has 0 fully saturated rings. The number of amides is 1. The maximum absolute atomic E-state index is 12.1. The molecule has 3 rings (SSSR count). The molecule has 0 aliphatic rings. The summed E-state index contributed by atoms with van der Waals surface area (Å²) in [4.78, 5) is 19.7. The Balaban J connectivity index is 1.58. The first-order valence-corrected chi connectivity index (χ1v) is 9.22. The summed E-state index contributed by atoms with van der Waals surface area (Å²) in [5.41, 5.74) is 5.89. The van der Waals surface area contributed by atoms with Crippen molar-refractivity contribution in [2.75, 3.05) is 20.0 Å². The molecule has 2 aromatic carbocycles. The number of hydrazone groups is 1. The second kappa shape index (κ2) is 8.59. The SMILES string of the molecule is COc1ccc(/C(C)=N\NC(=O)CSc2nc3ccccc3[nH]2)cc1OC. The lowest BCUT2D eigenvalue weighted by molar-refractivity contribution is -0.118. The van der Waals surface area contributed by atoms with Crippen LogP contribution in [0.15, 0.2) is 52.7 Å². The molecular formula is C19H20N4O3S. The number of benzene rings is 2. The summed E-state index contributed by atoms with van der Waals surface area (Å²) in [5, 5.41) is 4.86. The van der Waals surface area contributed by atoms with Gasteiger partial charge in [-0.15, -0.1) is 0 Å². The predicted octanol–water partition coefficient (Wildman–Crippen LogP) is 3.21. The van der Waals surface area contributed by atoms with E-state index in [-0.39, 0.29) is 11.7 Å². The Morgan fingerprint density at radius 1 is 1.19 bits per heavy atom. The van der Waals surface area contributed by atoms with Gasteiger partial charge in [-0.25, -0.2) is 10.4 Å². The van der Waals surface area contributed by atoms with Crippen molar-refractivity contribution in [3.63, 3.8) is 0 Å². The maximum atomic E-state index is 12.1. The van der Waals surface area contributed by atoms with Gasteiger partial charge in [-0.05, 0) is 37.3 Å². The number of nitrogens with one attached hydrogen (secondary N) is 2. The third-order valence-electron chi connectivity index (χ3n) is 3.86. The Kier molecular flexibility index (Phi) is 5.97. The average Bonchev–Trinajstić information content (AvgIpc) is 3.12. The van der Waals surface area contributed by atoms with Gasteiger partial charge in [0.05, 0.1) is 36.7 Å². The number of fused-ring (bicyclic) bond motifs is 1. The van der Waals surface area contributed by atoms with E-state index in [9.17, 15) is 4.79 Å². The molecule has 0 unspecified atom stereocenters. The molecule has 2 N–H and O–H groups in total. The summed E-state index contributed by atoms with van der Waals surface area (Å²) in [6, 6.07) is 13.2. The molecular weight excluding hydrogens is 364 g/mol. The molecule has 1 heterocycles. The number of thioether (sulfide) groups is 1. The lowest BCUT2D eigenvalue weighted by Crippen LogP contribution is -2.21. The fourth-order valence-corrected chi connectivity index (χ4v) is 3.11. The van der Waals surface area contributed by atoms with Gasteiger partial charge in [0.15, 0.2) is 16.7 Å². The van der Waals surface area contributed by atoms with Crippen LogP contribution in [-0.2, 0) is 4.79 Å². The van der Waals surface area contributed by atoms with Gasteiger partial charge in [0.2, 0.25) is 0 Å². The number of ether oxygens (including phenoxy) is 2. The number of carbonyl (C=O) groups excluding carboxylic acids is 1. The molecule has 27 heavy (non-hydrogen) atoms. The number of H-pyrrole nitrogens is 1. The summed E-state index contributed by atoms with van der Waals surface area (Å²) in [6.45, 7) is 1.81. The summed E-state index contributed by atoms with van der Waals surface area (Å²) in [5.74, 6) is 1.25. The first-order chi connectivity index (χ1) is 13.1. The van der Waals surface area contributed by atoms with Crippen molar-refractivity contribution in [1.29, 1.82) is 0 Å². The van der Waals surface area contributed by atoms with Crippen molar-refractivity contribution >= 4 is 34.4 Å². The first kappa shape index (κ1) is 18.8. The molecule has 0 spiro atoms. The standard InChI is InChI=1S/C19H20N4O3S/c1-12(13-8-9-16(25-2)17(10-13)26-3)22-23-18(24)11-27-19-20-14-6-4-5-7-15(14)21-19/h4-10H,11H2,1-3H3,(H,20,21)(H,23,24)/b22-12-. The van der Waals surface area contributed by atoms with E-state index in [4.69, 9.17) is 9.47 Å². The molecule has 0 radical (unpaired) electrons. The molecule has 0 aliphatic heterocycles. The Labute approximate surface area is 161 Å². The monoisotopic (exact) mass is 384 g/mol. The molecule has 3 aromatic rings. The number of hydrogen-bond acceptors (Lipinski definition) is 6. The van der Waals surface area contributed by atoms with Gasteiger partial charge in [0.1, 0.15) is 0 Å². The molecule has 8 heteroatoms. The van der Waals surface area contributed by atoms with Crippen molar-refractivity contribution in [2.45, 2.75) is 12.1 Å². The molecule has 0 aliphatic carbocycles. The van der Waals surface area contributed by atoms with Crippen molar-refractivity contribution in [3.8, 4) is 11.5 Å². The third-order valence-corrected chi connectivity index (χ3v) is 4.73. The molecule has 1 amide bonds. The number of rotatable bonds is 7. The van der Waals surface area contributed by atoms with E-state index in [1.165, 1.54) is 11.8 Å². The van der Waals surface area contributed by atoms with Gasteiger partial charge < -0.3 is 14.5 Å². The second-order valence-electron chi connectivity index (χ2n) is 5.65. The van der Waals surface area contributed by atoms with Crippen LogP contribution < -0.4 is 14.9 Å². The minimum atomic E-state index is -0.208. The highest BCUT2D eigenvalue weighted by Crippen LogP contribution is 2.27. The lowest BCUT2D eigenvalue weighted by Gasteiger charge is -2.09. The fraction of sp³-hybridized carbons (Fsp3) is 0.211. The first-order valence-electron chi connectivity index (χ1n) is 8.24. The molecule has 140 valence electrons. The number of aromatic nitrogens is 2.